The highest BCUT2D eigenvalue weighted by Gasteiger charge is 2.18. The lowest BCUT2D eigenvalue weighted by Gasteiger charge is -2.08. The highest BCUT2D eigenvalue weighted by molar-refractivity contribution is 5.82. The van der Waals surface area contributed by atoms with Gasteiger partial charge in [-0.3, -0.25) is 4.79 Å². The summed E-state index contributed by atoms with van der Waals surface area (Å²) in [7, 11) is 0. The van der Waals surface area contributed by atoms with E-state index in [1.807, 2.05) is 0 Å². The predicted octanol–water partition coefficient (Wildman–Crippen LogP) is 2.16. The normalized spacial score (nSPS) is 11.2. The van der Waals surface area contributed by atoms with E-state index >= 15 is 0 Å². The van der Waals surface area contributed by atoms with Gasteiger partial charge >= 0.3 is 0 Å². The van der Waals surface area contributed by atoms with Crippen molar-refractivity contribution in [1.29, 1.82) is 0 Å². The maximum Gasteiger partial charge on any atom is 0.228 e. The number of hydrogen-bond donors (Lipinski definition) is 0. The second-order valence-corrected chi connectivity index (χ2v) is 2.42. The van der Waals surface area contributed by atoms with Crippen molar-refractivity contribution < 1.29 is 4.79 Å². The molecular formula is C5H8N6O. The number of rotatable bonds is 3. The Morgan fingerprint density at radius 2 is 1.92 bits per heavy atom. The standard InChI is InChI=1S/C5H8N6O/c1-3(2)4(8-10-6)5(12)9-11-7/h3-4H,1-2H3. The first-order valence-electron chi connectivity index (χ1n) is 3.26. The molecule has 1 amide bonds. The average Bonchev–Trinajstić information content (AvgIpc) is 1.99. The van der Waals surface area contributed by atoms with E-state index in [0.29, 0.717) is 0 Å². The van der Waals surface area contributed by atoms with Crippen molar-refractivity contribution in [3.63, 3.8) is 0 Å². The fraction of sp³-hybridized carbons (Fsp3) is 0.800. The third-order valence-corrected chi connectivity index (χ3v) is 1.20. The minimum absolute atomic E-state index is 0.168. The molecule has 0 saturated heterocycles. The molecule has 0 saturated carbocycles. The predicted molar refractivity (Wildman–Crippen MR) is 41.9 cm³/mol. The van der Waals surface area contributed by atoms with Gasteiger partial charge in [-0.15, -0.1) is 0 Å². The number of carbonyl (C=O) groups is 1. The summed E-state index contributed by atoms with van der Waals surface area (Å²) in [5.41, 5.74) is 16.0. The van der Waals surface area contributed by atoms with Crippen LogP contribution < -0.4 is 0 Å². The van der Waals surface area contributed by atoms with Gasteiger partial charge < -0.3 is 0 Å². The van der Waals surface area contributed by atoms with E-state index in [0.717, 1.165) is 0 Å². The van der Waals surface area contributed by atoms with Gasteiger partial charge in [-0.05, 0) is 22.1 Å². The molecule has 0 aromatic rings. The van der Waals surface area contributed by atoms with Gasteiger partial charge in [-0.1, -0.05) is 19.0 Å². The maximum absolute atomic E-state index is 10.9. The average molecular weight is 168 g/mol. The summed E-state index contributed by atoms with van der Waals surface area (Å²) in [5, 5.41) is 6.05. The van der Waals surface area contributed by atoms with Crippen LogP contribution in [0.4, 0.5) is 0 Å². The summed E-state index contributed by atoms with van der Waals surface area (Å²) < 4.78 is 0. The van der Waals surface area contributed by atoms with Crippen molar-refractivity contribution in [2.45, 2.75) is 19.9 Å². The first kappa shape index (κ1) is 10.3. The second kappa shape index (κ2) is 5.01. The lowest BCUT2D eigenvalue weighted by molar-refractivity contribution is -0.119. The van der Waals surface area contributed by atoms with Gasteiger partial charge in [0.05, 0.1) is 0 Å². The van der Waals surface area contributed by atoms with E-state index in [1.54, 1.807) is 13.8 Å². The smallest absolute Gasteiger partial charge is 0.228 e. The topological polar surface area (TPSA) is 115 Å². The highest BCUT2D eigenvalue weighted by atomic mass is 16.2. The molecular weight excluding hydrogens is 160 g/mol. The summed E-state index contributed by atoms with van der Waals surface area (Å²) in [4.78, 5) is 15.7. The Morgan fingerprint density at radius 3 is 2.25 bits per heavy atom. The molecule has 7 heteroatoms. The molecule has 0 fully saturated rings. The molecule has 1 unspecified atom stereocenters. The maximum atomic E-state index is 10.9. The monoisotopic (exact) mass is 168 g/mol. The Labute approximate surface area is 68.6 Å². The molecule has 0 N–H and O–H groups in total. The first-order chi connectivity index (χ1) is 5.63. The molecule has 12 heavy (non-hydrogen) atoms. The van der Waals surface area contributed by atoms with E-state index in [4.69, 9.17) is 11.1 Å². The highest BCUT2D eigenvalue weighted by Crippen LogP contribution is 2.08. The summed E-state index contributed by atoms with van der Waals surface area (Å²) in [6.45, 7) is 3.40. The van der Waals surface area contributed by atoms with Crippen molar-refractivity contribution in [1.82, 2.24) is 0 Å². The zero-order valence-electron chi connectivity index (χ0n) is 6.75. The van der Waals surface area contributed by atoms with Crippen LogP contribution in [0.1, 0.15) is 13.8 Å². The Balaban J connectivity index is 4.61. The number of carbonyl (C=O) groups excluding carboxylic acids is 1. The molecule has 7 nitrogen and oxygen atoms in total. The van der Waals surface area contributed by atoms with Crippen molar-refractivity contribution in [3.8, 4) is 0 Å². The molecule has 1 atom stereocenters. The minimum Gasteiger partial charge on any atom is -0.292 e. The lowest BCUT2D eigenvalue weighted by atomic mass is 10.1. The van der Waals surface area contributed by atoms with Crippen molar-refractivity contribution in [3.05, 3.63) is 20.9 Å². The molecule has 0 aliphatic heterocycles. The number of nitrogens with zero attached hydrogens (tertiary/aromatic N) is 6. The first-order valence-corrected chi connectivity index (χ1v) is 3.26. The van der Waals surface area contributed by atoms with Gasteiger partial charge in [0.1, 0.15) is 6.04 Å². The van der Waals surface area contributed by atoms with Gasteiger partial charge in [-0.2, -0.15) is 0 Å². The van der Waals surface area contributed by atoms with Gasteiger partial charge in [0.25, 0.3) is 0 Å². The van der Waals surface area contributed by atoms with Crippen LogP contribution in [0.2, 0.25) is 0 Å². The molecule has 0 aromatic heterocycles. The van der Waals surface area contributed by atoms with Crippen molar-refractivity contribution in [2.24, 2.45) is 16.1 Å². The molecule has 0 aliphatic carbocycles. The molecule has 0 rings (SSSR count). The van der Waals surface area contributed by atoms with Crippen LogP contribution in [0, 0.1) is 5.92 Å². The van der Waals surface area contributed by atoms with Crippen LogP contribution >= 0.6 is 0 Å². The summed E-state index contributed by atoms with van der Waals surface area (Å²) >= 11 is 0. The Morgan fingerprint density at radius 1 is 1.33 bits per heavy atom. The Kier molecular flexibility index (Phi) is 4.30. The molecule has 0 bridgehead atoms. The van der Waals surface area contributed by atoms with Gasteiger partial charge in [0, 0.05) is 9.82 Å². The van der Waals surface area contributed by atoms with Gasteiger partial charge in [-0.25, -0.2) is 0 Å². The SMILES string of the molecule is CC(C)C(N=[N+]=[N-])C(=O)N=[N+]=[N-]. The van der Waals surface area contributed by atoms with Crippen molar-refractivity contribution >= 4 is 5.91 Å². The van der Waals surface area contributed by atoms with Crippen LogP contribution in [0.15, 0.2) is 10.2 Å². The molecule has 64 valence electrons. The van der Waals surface area contributed by atoms with E-state index < -0.39 is 11.9 Å². The third-order valence-electron chi connectivity index (χ3n) is 1.20. The molecule has 0 aliphatic rings. The van der Waals surface area contributed by atoms with Gasteiger partial charge in [0.2, 0.25) is 5.91 Å². The number of amides is 1. The lowest BCUT2D eigenvalue weighted by Crippen LogP contribution is -2.21. The van der Waals surface area contributed by atoms with Crippen LogP contribution in [-0.2, 0) is 4.79 Å². The third kappa shape index (κ3) is 2.92. The fourth-order valence-corrected chi connectivity index (χ4v) is 0.627. The molecule has 0 radical (unpaired) electrons. The number of azide groups is 2. The zero-order chi connectivity index (χ0) is 9.56. The molecule has 0 heterocycles. The van der Waals surface area contributed by atoms with E-state index in [9.17, 15) is 4.79 Å². The largest absolute Gasteiger partial charge is 0.292 e. The summed E-state index contributed by atoms with van der Waals surface area (Å²) in [6.07, 6.45) is 0. The van der Waals surface area contributed by atoms with Crippen molar-refractivity contribution in [2.75, 3.05) is 0 Å². The van der Waals surface area contributed by atoms with E-state index in [1.165, 1.54) is 0 Å². The van der Waals surface area contributed by atoms with Crippen LogP contribution in [0.5, 0.6) is 0 Å². The second-order valence-electron chi connectivity index (χ2n) is 2.42. The summed E-state index contributed by atoms with van der Waals surface area (Å²) in [5.74, 6) is -0.913. The van der Waals surface area contributed by atoms with Crippen LogP contribution in [-0.4, -0.2) is 11.9 Å². The fourth-order valence-electron chi connectivity index (χ4n) is 0.627. The quantitative estimate of drug-likeness (QED) is 0.358. The number of hydrogen-bond acceptors (Lipinski definition) is 2. The Hall–Kier alpha value is -1.71. The van der Waals surface area contributed by atoms with Crippen LogP contribution in [0.25, 0.3) is 20.9 Å². The van der Waals surface area contributed by atoms with Crippen LogP contribution in [0.3, 0.4) is 0 Å². The zero-order valence-corrected chi connectivity index (χ0v) is 6.75. The minimum atomic E-state index is -0.897. The van der Waals surface area contributed by atoms with Gasteiger partial charge in [0.15, 0.2) is 0 Å². The molecule has 0 aromatic carbocycles. The summed E-state index contributed by atoms with van der Waals surface area (Å²) in [6, 6.07) is -0.897. The Bertz CT molecular complexity index is 259. The van der Waals surface area contributed by atoms with E-state index in [2.05, 4.69) is 20.1 Å². The van der Waals surface area contributed by atoms with E-state index in [-0.39, 0.29) is 5.92 Å². The molecule has 0 spiro atoms.